The Balaban J connectivity index is 1.81. The summed E-state index contributed by atoms with van der Waals surface area (Å²) in [6.07, 6.45) is 2.68. The van der Waals surface area contributed by atoms with Crippen LogP contribution in [0.25, 0.3) is 0 Å². The average molecular weight is 282 g/mol. The van der Waals surface area contributed by atoms with Gasteiger partial charge in [0.15, 0.2) is 0 Å². The zero-order chi connectivity index (χ0) is 13.0. The third-order valence-electron chi connectivity index (χ3n) is 3.52. The van der Waals surface area contributed by atoms with Crippen LogP contribution in [0.3, 0.4) is 0 Å². The topological polar surface area (TPSA) is 9.23 Å². The summed E-state index contributed by atoms with van der Waals surface area (Å²) >= 11 is 4.28. The third-order valence-corrected chi connectivity index (χ3v) is 6.97. The van der Waals surface area contributed by atoms with Gasteiger partial charge in [0.1, 0.15) is 5.75 Å². The highest BCUT2D eigenvalue weighted by molar-refractivity contribution is 8.17. The van der Waals surface area contributed by atoms with Gasteiger partial charge in [0.05, 0.1) is 11.7 Å². The molecular weight excluding hydrogens is 260 g/mol. The quantitative estimate of drug-likeness (QED) is 0.767. The summed E-state index contributed by atoms with van der Waals surface area (Å²) < 4.78 is 5.96. The molecule has 1 saturated heterocycles. The predicted octanol–water partition coefficient (Wildman–Crippen LogP) is 4.81. The first-order valence-electron chi connectivity index (χ1n) is 6.63. The van der Waals surface area contributed by atoms with Crippen molar-refractivity contribution in [3.63, 3.8) is 0 Å². The molecule has 1 aliphatic rings. The van der Waals surface area contributed by atoms with E-state index in [4.69, 9.17) is 4.74 Å². The highest BCUT2D eigenvalue weighted by Crippen LogP contribution is 2.45. The molecule has 3 atom stereocenters. The number of ether oxygens (including phenoxy) is 1. The molecule has 1 aliphatic heterocycles. The Bertz CT molecular complexity index is 363. The largest absolute Gasteiger partial charge is 0.497 e. The second-order valence-electron chi connectivity index (χ2n) is 4.88. The number of hydrogen-bond donors (Lipinski definition) is 0. The van der Waals surface area contributed by atoms with Gasteiger partial charge in [-0.25, -0.2) is 0 Å². The molecule has 0 spiro atoms. The van der Waals surface area contributed by atoms with E-state index in [1.165, 1.54) is 18.4 Å². The molecule has 1 aromatic rings. The van der Waals surface area contributed by atoms with Crippen LogP contribution in [0.2, 0.25) is 0 Å². The van der Waals surface area contributed by atoms with Gasteiger partial charge < -0.3 is 4.74 Å². The lowest BCUT2D eigenvalue weighted by atomic mass is 10.0. The van der Waals surface area contributed by atoms with Crippen molar-refractivity contribution in [1.29, 1.82) is 0 Å². The van der Waals surface area contributed by atoms with E-state index in [9.17, 15) is 0 Å². The molecule has 0 saturated carbocycles. The maximum Gasteiger partial charge on any atom is 0.118 e. The molecule has 0 N–H and O–H groups in total. The Morgan fingerprint density at radius 3 is 2.61 bits per heavy atom. The summed E-state index contributed by atoms with van der Waals surface area (Å²) in [7, 11) is 1.71. The molecular formula is C15H22OS2. The molecule has 100 valence electrons. The van der Waals surface area contributed by atoms with E-state index in [2.05, 4.69) is 61.6 Å². The molecule has 18 heavy (non-hydrogen) atoms. The Labute approximate surface area is 119 Å². The molecule has 2 rings (SSSR count). The van der Waals surface area contributed by atoms with Crippen LogP contribution in [-0.4, -0.2) is 16.9 Å². The van der Waals surface area contributed by atoms with Crippen LogP contribution >= 0.6 is 23.5 Å². The van der Waals surface area contributed by atoms with E-state index in [0.717, 1.165) is 27.3 Å². The van der Waals surface area contributed by atoms with Gasteiger partial charge in [0.2, 0.25) is 0 Å². The lowest BCUT2D eigenvalue weighted by Gasteiger charge is -2.10. The van der Waals surface area contributed by atoms with Crippen molar-refractivity contribution >= 4 is 23.5 Å². The molecule has 0 bridgehead atoms. The fraction of sp³-hybridized carbons (Fsp3) is 0.600. The van der Waals surface area contributed by atoms with Crippen LogP contribution in [0.15, 0.2) is 24.3 Å². The molecule has 0 aromatic heterocycles. The van der Waals surface area contributed by atoms with Gasteiger partial charge in [-0.3, -0.25) is 0 Å². The van der Waals surface area contributed by atoms with Gasteiger partial charge in [-0.05, 0) is 36.5 Å². The standard InChI is InChI=1S/C15H22OS2/c1-4-14-11(2)9-15(18-14)17-10-12-5-7-13(16-3)8-6-12/h5-8,11,14-15H,4,9-10H2,1-3H3/t11-,14+,15?/m0/s1. The van der Waals surface area contributed by atoms with Crippen LogP contribution in [-0.2, 0) is 5.75 Å². The Morgan fingerprint density at radius 2 is 2.06 bits per heavy atom. The predicted molar refractivity (Wildman–Crippen MR) is 83.5 cm³/mol. The minimum Gasteiger partial charge on any atom is -0.497 e. The summed E-state index contributed by atoms with van der Waals surface area (Å²) in [5.41, 5.74) is 1.40. The van der Waals surface area contributed by atoms with Gasteiger partial charge in [-0.2, -0.15) is 0 Å². The Morgan fingerprint density at radius 1 is 1.33 bits per heavy atom. The van der Waals surface area contributed by atoms with E-state index in [1.54, 1.807) is 7.11 Å². The maximum absolute atomic E-state index is 5.18. The lowest BCUT2D eigenvalue weighted by molar-refractivity contribution is 0.414. The number of rotatable bonds is 5. The van der Waals surface area contributed by atoms with Crippen molar-refractivity contribution in [2.75, 3.05) is 7.11 Å². The second-order valence-corrected chi connectivity index (χ2v) is 7.82. The molecule has 1 fully saturated rings. The fourth-order valence-corrected chi connectivity index (χ4v) is 5.69. The molecule has 0 aliphatic carbocycles. The Hall–Kier alpha value is -0.280. The number of thioether (sulfide) groups is 2. The summed E-state index contributed by atoms with van der Waals surface area (Å²) in [5.74, 6) is 2.94. The van der Waals surface area contributed by atoms with Crippen molar-refractivity contribution in [3.05, 3.63) is 29.8 Å². The number of hydrogen-bond acceptors (Lipinski definition) is 3. The van der Waals surface area contributed by atoms with Gasteiger partial charge in [0.25, 0.3) is 0 Å². The van der Waals surface area contributed by atoms with E-state index in [-0.39, 0.29) is 0 Å². The van der Waals surface area contributed by atoms with Crippen molar-refractivity contribution in [2.45, 2.75) is 42.3 Å². The van der Waals surface area contributed by atoms with Crippen molar-refractivity contribution in [3.8, 4) is 5.75 Å². The van der Waals surface area contributed by atoms with Crippen LogP contribution in [0.4, 0.5) is 0 Å². The zero-order valence-electron chi connectivity index (χ0n) is 11.4. The van der Waals surface area contributed by atoms with Crippen LogP contribution in [0.5, 0.6) is 5.75 Å². The van der Waals surface area contributed by atoms with E-state index in [0.29, 0.717) is 0 Å². The first-order valence-corrected chi connectivity index (χ1v) is 8.62. The first kappa shape index (κ1) is 14.1. The van der Waals surface area contributed by atoms with Gasteiger partial charge in [-0.1, -0.05) is 26.0 Å². The summed E-state index contributed by atoms with van der Waals surface area (Å²) in [6, 6.07) is 8.45. The van der Waals surface area contributed by atoms with E-state index >= 15 is 0 Å². The van der Waals surface area contributed by atoms with Crippen molar-refractivity contribution < 1.29 is 4.74 Å². The average Bonchev–Trinajstić information content (AvgIpc) is 2.77. The fourth-order valence-electron chi connectivity index (χ4n) is 2.36. The highest BCUT2D eigenvalue weighted by Gasteiger charge is 2.30. The summed E-state index contributed by atoms with van der Waals surface area (Å²) in [4.78, 5) is 0. The maximum atomic E-state index is 5.18. The van der Waals surface area contributed by atoms with Gasteiger partial charge >= 0.3 is 0 Å². The molecule has 0 amide bonds. The van der Waals surface area contributed by atoms with Crippen LogP contribution in [0, 0.1) is 5.92 Å². The van der Waals surface area contributed by atoms with E-state index < -0.39 is 0 Å². The lowest BCUT2D eigenvalue weighted by Crippen LogP contribution is -2.04. The monoisotopic (exact) mass is 282 g/mol. The first-order chi connectivity index (χ1) is 8.72. The van der Waals surface area contributed by atoms with Crippen LogP contribution in [0.1, 0.15) is 32.3 Å². The molecule has 1 unspecified atom stereocenters. The second kappa shape index (κ2) is 6.76. The van der Waals surface area contributed by atoms with Crippen LogP contribution < -0.4 is 4.74 Å². The number of benzene rings is 1. The molecule has 3 heteroatoms. The van der Waals surface area contributed by atoms with Gasteiger partial charge in [-0.15, -0.1) is 23.5 Å². The number of methoxy groups -OCH3 is 1. The zero-order valence-corrected chi connectivity index (χ0v) is 13.0. The van der Waals surface area contributed by atoms with Crippen molar-refractivity contribution in [1.82, 2.24) is 0 Å². The van der Waals surface area contributed by atoms with E-state index in [1.807, 2.05) is 0 Å². The molecule has 0 radical (unpaired) electrons. The van der Waals surface area contributed by atoms with Gasteiger partial charge in [0, 0.05) is 11.0 Å². The SMILES string of the molecule is CC[C@H]1SC(SCc2ccc(OC)cc2)C[C@@H]1C. The highest BCUT2D eigenvalue weighted by atomic mass is 32.2. The minimum atomic E-state index is 0.784. The molecule has 1 heterocycles. The summed E-state index contributed by atoms with van der Waals surface area (Å²) in [5, 5.41) is 0.873. The smallest absolute Gasteiger partial charge is 0.118 e. The minimum absolute atomic E-state index is 0.784. The summed E-state index contributed by atoms with van der Waals surface area (Å²) in [6.45, 7) is 4.71. The molecule has 1 aromatic carbocycles. The normalized spacial score (nSPS) is 27.4. The van der Waals surface area contributed by atoms with Crippen molar-refractivity contribution in [2.24, 2.45) is 5.92 Å². The molecule has 1 nitrogen and oxygen atoms in total. The third kappa shape index (κ3) is 3.61. The Kier molecular flexibility index (Phi) is 5.31.